The highest BCUT2D eigenvalue weighted by Crippen LogP contribution is 2.21. The van der Waals surface area contributed by atoms with Gasteiger partial charge in [0, 0.05) is 13.1 Å². The monoisotopic (exact) mass is 292 g/mol. The van der Waals surface area contributed by atoms with Crippen LogP contribution in [0.3, 0.4) is 0 Å². The maximum absolute atomic E-state index is 12.0. The van der Waals surface area contributed by atoms with Gasteiger partial charge in [-0.25, -0.2) is 4.79 Å². The number of aromatic amines is 1. The molecule has 0 unspecified atom stereocenters. The molecule has 6 nitrogen and oxygen atoms in total. The molecule has 0 saturated carbocycles. The number of thiophene rings is 1. The van der Waals surface area contributed by atoms with Crippen molar-refractivity contribution in [1.82, 2.24) is 20.2 Å². The van der Waals surface area contributed by atoms with Gasteiger partial charge in [-0.3, -0.25) is 4.79 Å². The highest BCUT2D eigenvalue weighted by molar-refractivity contribution is 7.13. The number of likely N-dealkylation sites (N-methyl/N-ethyl adjacent to an activating group) is 1. The van der Waals surface area contributed by atoms with Gasteiger partial charge in [0.15, 0.2) is 0 Å². The predicted molar refractivity (Wildman–Crippen MR) is 79.1 cm³/mol. The molecule has 2 heterocycles. The fourth-order valence-electron chi connectivity index (χ4n) is 1.62. The van der Waals surface area contributed by atoms with Gasteiger partial charge in [0.05, 0.1) is 10.6 Å². The zero-order valence-electron chi connectivity index (χ0n) is 11.3. The summed E-state index contributed by atoms with van der Waals surface area (Å²) < 4.78 is 0. The zero-order chi connectivity index (χ0) is 14.5. The Balaban J connectivity index is 2.16. The first-order valence-corrected chi connectivity index (χ1v) is 7.02. The maximum Gasteiger partial charge on any atom is 0.346 e. The lowest BCUT2D eigenvalue weighted by Crippen LogP contribution is -2.33. The Hall–Kier alpha value is -1.99. The van der Waals surface area contributed by atoms with Gasteiger partial charge < -0.3 is 15.2 Å². The molecule has 0 aliphatic heterocycles. The van der Waals surface area contributed by atoms with Crippen molar-refractivity contribution in [1.29, 1.82) is 0 Å². The fourth-order valence-corrected chi connectivity index (χ4v) is 2.32. The maximum atomic E-state index is 12.0. The largest absolute Gasteiger partial charge is 0.349 e. The van der Waals surface area contributed by atoms with Crippen LogP contribution in [-0.4, -0.2) is 48.0 Å². The first-order chi connectivity index (χ1) is 9.56. The van der Waals surface area contributed by atoms with Crippen LogP contribution in [0.25, 0.3) is 10.6 Å². The summed E-state index contributed by atoms with van der Waals surface area (Å²) in [6.45, 7) is 1.24. The average Bonchev–Trinajstić information content (AvgIpc) is 2.91. The number of amides is 1. The van der Waals surface area contributed by atoms with Crippen LogP contribution in [-0.2, 0) is 0 Å². The Labute approximate surface area is 120 Å². The summed E-state index contributed by atoms with van der Waals surface area (Å²) in [6.07, 6.45) is 0. The van der Waals surface area contributed by atoms with E-state index < -0.39 is 5.69 Å². The fraction of sp³-hybridized carbons (Fsp3) is 0.308. The summed E-state index contributed by atoms with van der Waals surface area (Å²) in [7, 11) is 3.85. The van der Waals surface area contributed by atoms with E-state index in [0.717, 1.165) is 11.4 Å². The first kappa shape index (κ1) is 14.4. The molecule has 2 aromatic heterocycles. The molecule has 0 bridgehead atoms. The molecule has 0 saturated heterocycles. The van der Waals surface area contributed by atoms with Crippen LogP contribution < -0.4 is 11.0 Å². The number of nitrogens with zero attached hydrogens (tertiary/aromatic N) is 2. The molecule has 2 rings (SSSR count). The van der Waals surface area contributed by atoms with Gasteiger partial charge >= 0.3 is 5.69 Å². The third kappa shape index (κ3) is 3.75. The van der Waals surface area contributed by atoms with E-state index in [0.29, 0.717) is 12.2 Å². The summed E-state index contributed by atoms with van der Waals surface area (Å²) in [5.74, 6) is -0.337. The van der Waals surface area contributed by atoms with Crippen LogP contribution in [0.5, 0.6) is 0 Å². The van der Waals surface area contributed by atoms with Crippen LogP contribution >= 0.6 is 11.3 Å². The summed E-state index contributed by atoms with van der Waals surface area (Å²) in [6, 6.07) is 5.36. The van der Waals surface area contributed by atoms with Crippen LogP contribution in [0.2, 0.25) is 0 Å². The average molecular weight is 292 g/mol. The lowest BCUT2D eigenvalue weighted by atomic mass is 10.2. The Morgan fingerprint density at radius 2 is 2.30 bits per heavy atom. The third-order valence-corrected chi connectivity index (χ3v) is 3.51. The minimum Gasteiger partial charge on any atom is -0.349 e. The molecule has 0 atom stereocenters. The predicted octanol–water partition coefficient (Wildman–Crippen LogP) is 0.790. The molecule has 2 N–H and O–H groups in total. The number of aromatic nitrogens is 2. The van der Waals surface area contributed by atoms with Gasteiger partial charge in [-0.15, -0.1) is 11.3 Å². The third-order valence-electron chi connectivity index (χ3n) is 2.61. The van der Waals surface area contributed by atoms with Crippen molar-refractivity contribution in [3.8, 4) is 10.6 Å². The highest BCUT2D eigenvalue weighted by Gasteiger charge is 2.11. The van der Waals surface area contributed by atoms with E-state index >= 15 is 0 Å². The Morgan fingerprint density at radius 1 is 1.50 bits per heavy atom. The summed E-state index contributed by atoms with van der Waals surface area (Å²) in [4.78, 5) is 32.7. The van der Waals surface area contributed by atoms with Crippen molar-refractivity contribution < 1.29 is 4.79 Å². The second-order valence-corrected chi connectivity index (χ2v) is 5.47. The summed E-state index contributed by atoms with van der Waals surface area (Å²) >= 11 is 1.49. The molecule has 0 aromatic carbocycles. The SMILES string of the molecule is CN(C)CCNC(=O)c1cc(-c2cccs2)[nH]c(=O)n1. The zero-order valence-corrected chi connectivity index (χ0v) is 12.2. The minimum absolute atomic E-state index is 0.135. The molecular formula is C13H16N4O2S. The molecule has 0 spiro atoms. The molecule has 1 amide bonds. The Kier molecular flexibility index (Phi) is 4.65. The van der Waals surface area contributed by atoms with E-state index in [1.807, 2.05) is 36.5 Å². The molecule has 7 heteroatoms. The number of H-pyrrole nitrogens is 1. The molecular weight excluding hydrogens is 276 g/mol. The normalized spacial score (nSPS) is 10.8. The quantitative estimate of drug-likeness (QED) is 0.854. The van der Waals surface area contributed by atoms with E-state index in [1.165, 1.54) is 11.3 Å². The Morgan fingerprint density at radius 3 is 2.95 bits per heavy atom. The van der Waals surface area contributed by atoms with Gasteiger partial charge in [0.25, 0.3) is 5.91 Å². The number of hydrogen-bond acceptors (Lipinski definition) is 5. The molecule has 106 valence electrons. The second-order valence-electron chi connectivity index (χ2n) is 4.52. The number of hydrogen-bond donors (Lipinski definition) is 2. The van der Waals surface area contributed by atoms with Gasteiger partial charge in [-0.2, -0.15) is 4.98 Å². The number of carbonyl (C=O) groups is 1. The topological polar surface area (TPSA) is 78.1 Å². The van der Waals surface area contributed by atoms with Crippen LogP contribution in [0.1, 0.15) is 10.5 Å². The summed E-state index contributed by atoms with van der Waals surface area (Å²) in [5.41, 5.74) is 0.224. The smallest absolute Gasteiger partial charge is 0.346 e. The number of carbonyl (C=O) groups excluding carboxylic acids is 1. The number of nitrogens with one attached hydrogen (secondary N) is 2. The van der Waals surface area contributed by atoms with Crippen molar-refractivity contribution in [3.63, 3.8) is 0 Å². The van der Waals surface area contributed by atoms with Crippen LogP contribution in [0.4, 0.5) is 0 Å². The Bertz CT molecular complexity index is 634. The van der Waals surface area contributed by atoms with Crippen molar-refractivity contribution in [2.45, 2.75) is 0 Å². The van der Waals surface area contributed by atoms with E-state index in [4.69, 9.17) is 0 Å². The van der Waals surface area contributed by atoms with Crippen molar-refractivity contribution in [3.05, 3.63) is 39.8 Å². The van der Waals surface area contributed by atoms with Crippen LogP contribution in [0, 0.1) is 0 Å². The van der Waals surface area contributed by atoms with Crippen molar-refractivity contribution in [2.75, 3.05) is 27.2 Å². The minimum atomic E-state index is -0.520. The molecule has 20 heavy (non-hydrogen) atoms. The molecule has 2 aromatic rings. The van der Waals surface area contributed by atoms with Gasteiger partial charge in [0.1, 0.15) is 5.69 Å². The first-order valence-electron chi connectivity index (χ1n) is 6.14. The molecule has 0 radical (unpaired) electrons. The van der Waals surface area contributed by atoms with E-state index in [2.05, 4.69) is 15.3 Å². The van der Waals surface area contributed by atoms with Gasteiger partial charge in [-0.05, 0) is 31.6 Å². The number of rotatable bonds is 5. The lowest BCUT2D eigenvalue weighted by molar-refractivity contribution is 0.0945. The lowest BCUT2D eigenvalue weighted by Gasteiger charge is -2.10. The van der Waals surface area contributed by atoms with Crippen LogP contribution in [0.15, 0.2) is 28.4 Å². The molecule has 0 aliphatic carbocycles. The standard InChI is InChI=1S/C13H16N4O2S/c1-17(2)6-5-14-12(18)10-8-9(15-13(19)16-10)11-4-3-7-20-11/h3-4,7-8H,5-6H2,1-2H3,(H,14,18)(H,15,16,19). The molecule has 0 aliphatic rings. The van der Waals surface area contributed by atoms with Crippen molar-refractivity contribution in [2.24, 2.45) is 0 Å². The van der Waals surface area contributed by atoms with Gasteiger partial charge in [0.2, 0.25) is 0 Å². The van der Waals surface area contributed by atoms with E-state index in [-0.39, 0.29) is 11.6 Å². The van der Waals surface area contributed by atoms with E-state index in [9.17, 15) is 9.59 Å². The second kappa shape index (κ2) is 6.44. The van der Waals surface area contributed by atoms with Gasteiger partial charge in [-0.1, -0.05) is 6.07 Å². The van der Waals surface area contributed by atoms with Crippen molar-refractivity contribution >= 4 is 17.2 Å². The molecule has 0 fully saturated rings. The summed E-state index contributed by atoms with van der Waals surface area (Å²) in [5, 5.41) is 4.65. The highest BCUT2D eigenvalue weighted by atomic mass is 32.1. The van der Waals surface area contributed by atoms with E-state index in [1.54, 1.807) is 6.07 Å².